The Morgan fingerprint density at radius 2 is 2.00 bits per heavy atom. The molecule has 0 aliphatic heterocycles. The van der Waals surface area contributed by atoms with Crippen molar-refractivity contribution in [1.29, 1.82) is 0 Å². The Kier molecular flexibility index (Phi) is 4.22. The normalized spacial score (nSPS) is 11.6. The summed E-state index contributed by atoms with van der Waals surface area (Å²) in [5.74, 6) is 0.459. The van der Waals surface area contributed by atoms with Crippen LogP contribution in [0.1, 0.15) is 17.1 Å². The highest BCUT2D eigenvalue weighted by atomic mass is 79.9. The number of aryl methyl sites for hydroxylation is 2. The van der Waals surface area contributed by atoms with Crippen molar-refractivity contribution in [2.75, 3.05) is 4.72 Å². The maximum Gasteiger partial charge on any atom is 0.265 e. The number of sulfonamides is 1. The molecule has 1 aromatic heterocycles. The first-order valence-corrected chi connectivity index (χ1v) is 8.10. The molecule has 7 heteroatoms. The highest BCUT2D eigenvalue weighted by Crippen LogP contribution is 2.25. The average molecular weight is 360 g/mol. The lowest BCUT2D eigenvalue weighted by atomic mass is 10.2. The van der Waals surface area contributed by atoms with Crippen LogP contribution < -0.4 is 4.72 Å². The largest absolute Gasteiger partial charge is 0.462 e. The third kappa shape index (κ3) is 3.05. The number of hydrogen-bond donors (Lipinski definition) is 2. The van der Waals surface area contributed by atoms with Crippen LogP contribution in [0.25, 0.3) is 0 Å². The SMILES string of the molecule is Cc1ccc(NS(=O)(=O)c2cc(CO)oc2C)cc1Br. The molecule has 0 aliphatic carbocycles. The van der Waals surface area contributed by atoms with Gasteiger partial charge in [0.15, 0.2) is 0 Å². The van der Waals surface area contributed by atoms with Gasteiger partial charge in [-0.05, 0) is 31.5 Å². The number of aliphatic hydroxyl groups is 1. The molecular weight excluding hydrogens is 346 g/mol. The third-order valence-corrected chi connectivity index (χ3v) is 5.14. The summed E-state index contributed by atoms with van der Waals surface area (Å²) < 4.78 is 33.0. The van der Waals surface area contributed by atoms with Crippen molar-refractivity contribution in [2.45, 2.75) is 25.3 Å². The fourth-order valence-corrected chi connectivity index (χ4v) is 3.37. The molecule has 0 unspecified atom stereocenters. The Balaban J connectivity index is 2.35. The summed E-state index contributed by atoms with van der Waals surface area (Å²) in [7, 11) is -3.74. The molecule has 0 saturated carbocycles. The number of nitrogens with one attached hydrogen (secondary N) is 1. The van der Waals surface area contributed by atoms with Crippen LogP contribution >= 0.6 is 15.9 Å². The van der Waals surface area contributed by atoms with Gasteiger partial charge < -0.3 is 9.52 Å². The zero-order valence-electron chi connectivity index (χ0n) is 11.0. The molecule has 0 amide bonds. The summed E-state index contributed by atoms with van der Waals surface area (Å²) in [5, 5.41) is 8.98. The van der Waals surface area contributed by atoms with Crippen LogP contribution in [0.5, 0.6) is 0 Å². The first-order chi connectivity index (χ1) is 9.33. The Hall–Kier alpha value is -1.31. The van der Waals surface area contributed by atoms with Crippen LogP contribution in [-0.4, -0.2) is 13.5 Å². The van der Waals surface area contributed by atoms with Gasteiger partial charge in [0.05, 0.1) is 0 Å². The molecule has 1 aromatic carbocycles. The highest BCUT2D eigenvalue weighted by Gasteiger charge is 2.21. The molecule has 20 heavy (non-hydrogen) atoms. The van der Waals surface area contributed by atoms with Crippen LogP contribution in [-0.2, 0) is 16.6 Å². The standard InChI is InChI=1S/C13H14BrNO4S/c1-8-3-4-10(5-12(8)14)15-20(17,18)13-6-11(7-16)19-9(13)2/h3-6,15-16H,7H2,1-2H3. The lowest BCUT2D eigenvalue weighted by molar-refractivity contribution is 0.245. The van der Waals surface area contributed by atoms with E-state index >= 15 is 0 Å². The molecule has 2 N–H and O–H groups in total. The van der Waals surface area contributed by atoms with Gasteiger partial charge in [-0.3, -0.25) is 4.72 Å². The fraction of sp³-hybridized carbons (Fsp3) is 0.231. The van der Waals surface area contributed by atoms with Crippen molar-refractivity contribution in [1.82, 2.24) is 0 Å². The van der Waals surface area contributed by atoms with Gasteiger partial charge in [-0.25, -0.2) is 8.42 Å². The second-order valence-corrected chi connectivity index (χ2v) is 6.87. The number of hydrogen-bond acceptors (Lipinski definition) is 4. The minimum atomic E-state index is -3.74. The van der Waals surface area contributed by atoms with Crippen LogP contribution in [0, 0.1) is 13.8 Å². The second-order valence-electron chi connectivity index (χ2n) is 4.36. The lowest BCUT2D eigenvalue weighted by Crippen LogP contribution is -2.13. The minimum absolute atomic E-state index is 0.0262. The molecule has 0 radical (unpaired) electrons. The number of aliphatic hydroxyl groups excluding tert-OH is 1. The van der Waals surface area contributed by atoms with Crippen molar-refractivity contribution in [3.63, 3.8) is 0 Å². The van der Waals surface area contributed by atoms with Gasteiger partial charge >= 0.3 is 0 Å². The van der Waals surface area contributed by atoms with Crippen LogP contribution in [0.2, 0.25) is 0 Å². The predicted octanol–water partition coefficient (Wildman–Crippen LogP) is 2.95. The molecule has 0 spiro atoms. The predicted molar refractivity (Wildman–Crippen MR) is 79.1 cm³/mol. The Labute approximate surface area is 125 Å². The van der Waals surface area contributed by atoms with Crippen molar-refractivity contribution in [3.8, 4) is 0 Å². The molecule has 108 valence electrons. The summed E-state index contributed by atoms with van der Waals surface area (Å²) in [6, 6.07) is 6.50. The molecule has 0 atom stereocenters. The molecule has 0 saturated heterocycles. The second kappa shape index (κ2) is 5.59. The lowest BCUT2D eigenvalue weighted by Gasteiger charge is -2.08. The zero-order chi connectivity index (χ0) is 14.9. The summed E-state index contributed by atoms with van der Waals surface area (Å²) in [6.07, 6.45) is 0. The Bertz CT molecular complexity index is 737. The summed E-state index contributed by atoms with van der Waals surface area (Å²) in [6.45, 7) is 3.11. The van der Waals surface area contributed by atoms with Crippen LogP contribution in [0.15, 0.2) is 38.1 Å². The van der Waals surface area contributed by atoms with E-state index in [1.54, 1.807) is 19.1 Å². The first kappa shape index (κ1) is 15.1. The number of rotatable bonds is 4. The highest BCUT2D eigenvalue weighted by molar-refractivity contribution is 9.10. The quantitative estimate of drug-likeness (QED) is 0.879. The summed E-state index contributed by atoms with van der Waals surface area (Å²) in [4.78, 5) is 0.0262. The molecular formula is C13H14BrNO4S. The molecule has 0 aliphatic rings. The van der Waals surface area contributed by atoms with Crippen molar-refractivity contribution in [2.24, 2.45) is 0 Å². The van der Waals surface area contributed by atoms with Gasteiger partial charge in [0.1, 0.15) is 23.0 Å². The summed E-state index contributed by atoms with van der Waals surface area (Å²) in [5.41, 5.74) is 1.46. The maximum atomic E-state index is 12.3. The number of furan rings is 1. The molecule has 0 fully saturated rings. The van der Waals surface area contributed by atoms with Gasteiger partial charge in [-0.2, -0.15) is 0 Å². The van der Waals surface area contributed by atoms with E-state index in [0.717, 1.165) is 10.0 Å². The minimum Gasteiger partial charge on any atom is -0.462 e. The Morgan fingerprint density at radius 3 is 2.55 bits per heavy atom. The van der Waals surface area contributed by atoms with E-state index in [9.17, 15) is 8.42 Å². The molecule has 2 aromatic rings. The first-order valence-electron chi connectivity index (χ1n) is 5.82. The van der Waals surface area contributed by atoms with E-state index in [2.05, 4.69) is 20.7 Å². The average Bonchev–Trinajstić information content (AvgIpc) is 2.76. The topological polar surface area (TPSA) is 79.5 Å². The molecule has 2 rings (SSSR count). The number of anilines is 1. The van der Waals surface area contributed by atoms with Crippen molar-refractivity contribution in [3.05, 3.63) is 45.8 Å². The van der Waals surface area contributed by atoms with Crippen LogP contribution in [0.3, 0.4) is 0 Å². The van der Waals surface area contributed by atoms with Gasteiger partial charge in [0.2, 0.25) is 0 Å². The molecule has 1 heterocycles. The Morgan fingerprint density at radius 1 is 1.30 bits per heavy atom. The van der Waals surface area contributed by atoms with E-state index < -0.39 is 10.0 Å². The van der Waals surface area contributed by atoms with E-state index in [0.29, 0.717) is 5.69 Å². The van der Waals surface area contributed by atoms with Crippen molar-refractivity contribution >= 4 is 31.6 Å². The number of benzene rings is 1. The van der Waals surface area contributed by atoms with Gasteiger partial charge in [0.25, 0.3) is 10.0 Å². The fourth-order valence-electron chi connectivity index (χ4n) is 1.74. The molecule has 0 bridgehead atoms. The van der Waals surface area contributed by atoms with E-state index in [4.69, 9.17) is 9.52 Å². The van der Waals surface area contributed by atoms with Crippen molar-refractivity contribution < 1.29 is 17.9 Å². The molecule has 5 nitrogen and oxygen atoms in total. The monoisotopic (exact) mass is 359 g/mol. The van der Waals surface area contributed by atoms with E-state index in [1.807, 2.05) is 13.0 Å². The van der Waals surface area contributed by atoms with Gasteiger partial charge in [-0.15, -0.1) is 0 Å². The summed E-state index contributed by atoms with van der Waals surface area (Å²) >= 11 is 3.35. The van der Waals surface area contributed by atoms with Gasteiger partial charge in [0, 0.05) is 16.2 Å². The smallest absolute Gasteiger partial charge is 0.265 e. The number of halogens is 1. The third-order valence-electron chi connectivity index (χ3n) is 2.79. The van der Waals surface area contributed by atoms with Gasteiger partial charge in [-0.1, -0.05) is 22.0 Å². The van der Waals surface area contributed by atoms with Crippen LogP contribution in [0.4, 0.5) is 5.69 Å². The van der Waals surface area contributed by atoms with E-state index in [1.165, 1.54) is 6.07 Å². The maximum absolute atomic E-state index is 12.3. The van der Waals surface area contributed by atoms with E-state index in [-0.39, 0.29) is 23.0 Å². The zero-order valence-corrected chi connectivity index (χ0v) is 13.4.